The van der Waals surface area contributed by atoms with Gasteiger partial charge in [-0.1, -0.05) is 48.6 Å². The van der Waals surface area contributed by atoms with Gasteiger partial charge < -0.3 is 14.8 Å². The number of hydrogen-bond acceptors (Lipinski definition) is 3. The molecule has 2 aromatic rings. The summed E-state index contributed by atoms with van der Waals surface area (Å²) < 4.78 is 10.6. The summed E-state index contributed by atoms with van der Waals surface area (Å²) in [6, 6.07) is 15.2. The fraction of sp³-hybridized carbons (Fsp3) is 0.423. The van der Waals surface area contributed by atoms with Crippen LogP contribution in [0.25, 0.3) is 6.08 Å². The number of ether oxygens (including phenoxy) is 2. The molecule has 2 fully saturated rings. The largest absolute Gasteiger partial charge is 0.496 e. The monoisotopic (exact) mass is 403 g/mol. The van der Waals surface area contributed by atoms with Crippen LogP contribution in [0.5, 0.6) is 5.75 Å². The van der Waals surface area contributed by atoms with Crippen molar-refractivity contribution < 1.29 is 14.3 Å². The van der Waals surface area contributed by atoms with Crippen LogP contribution < -0.4 is 10.1 Å². The summed E-state index contributed by atoms with van der Waals surface area (Å²) in [5, 5.41) is 3.06. The first-order valence-corrected chi connectivity index (χ1v) is 11.0. The predicted octanol–water partition coefficient (Wildman–Crippen LogP) is 5.26. The molecule has 1 heterocycles. The normalized spacial score (nSPS) is 27.8. The van der Waals surface area contributed by atoms with Gasteiger partial charge in [-0.05, 0) is 73.1 Å². The highest BCUT2D eigenvalue weighted by atomic mass is 16.6. The van der Waals surface area contributed by atoms with Crippen molar-refractivity contribution in [3.8, 4) is 5.75 Å². The number of rotatable bonds is 4. The van der Waals surface area contributed by atoms with E-state index in [-0.39, 0.29) is 11.6 Å². The van der Waals surface area contributed by atoms with Gasteiger partial charge in [-0.25, -0.2) is 4.79 Å². The van der Waals surface area contributed by atoms with Crippen molar-refractivity contribution in [2.24, 2.45) is 5.92 Å². The van der Waals surface area contributed by atoms with Gasteiger partial charge in [0.05, 0.1) is 12.6 Å². The van der Waals surface area contributed by atoms with Gasteiger partial charge in [0.15, 0.2) is 0 Å². The average Bonchev–Trinajstić information content (AvgIpc) is 3.37. The first-order chi connectivity index (χ1) is 14.6. The van der Waals surface area contributed by atoms with E-state index < -0.39 is 0 Å². The molecule has 3 atom stereocenters. The predicted molar refractivity (Wildman–Crippen MR) is 118 cm³/mol. The molecule has 1 aliphatic heterocycles. The highest BCUT2D eigenvalue weighted by Crippen LogP contribution is 2.43. The smallest absolute Gasteiger partial charge is 0.407 e. The van der Waals surface area contributed by atoms with Crippen molar-refractivity contribution >= 4 is 12.2 Å². The molecule has 2 aromatic carbocycles. The molecule has 1 saturated heterocycles. The fourth-order valence-corrected chi connectivity index (χ4v) is 5.41. The maximum atomic E-state index is 11.5. The average molecular weight is 404 g/mol. The van der Waals surface area contributed by atoms with E-state index in [9.17, 15) is 4.79 Å². The van der Waals surface area contributed by atoms with E-state index in [4.69, 9.17) is 9.47 Å². The van der Waals surface area contributed by atoms with Crippen LogP contribution in [0, 0.1) is 5.92 Å². The summed E-state index contributed by atoms with van der Waals surface area (Å²) in [7, 11) is 1.72. The third-order valence-electron chi connectivity index (χ3n) is 7.11. The zero-order valence-electron chi connectivity index (χ0n) is 17.5. The standard InChI is InChI=1S/C26H29NO3/c1-29-24-5-3-2-4-19(24)8-6-18-7-9-21-15-22(11-10-20(21)14-18)23-12-13-26(16-23)17-30-25(28)27-26/h2-6,8,10-11,15,18,23H,7,9,12-14,16-17H2,1H3,(H,27,28)/t18?,23-,26+/m0/s1. The molecule has 1 spiro atoms. The number of hydrogen-bond donors (Lipinski definition) is 1. The molecule has 156 valence electrons. The first-order valence-electron chi connectivity index (χ1n) is 11.0. The second-order valence-corrected chi connectivity index (χ2v) is 9.05. The maximum absolute atomic E-state index is 11.5. The lowest BCUT2D eigenvalue weighted by Gasteiger charge is -2.24. The van der Waals surface area contributed by atoms with Gasteiger partial charge in [-0.2, -0.15) is 0 Å². The first kappa shape index (κ1) is 19.2. The Bertz CT molecular complexity index is 982. The quantitative estimate of drug-likeness (QED) is 0.757. The fourth-order valence-electron chi connectivity index (χ4n) is 5.41. The molecule has 1 N–H and O–H groups in total. The number of amides is 1. The van der Waals surface area contributed by atoms with Gasteiger partial charge in [-0.3, -0.25) is 0 Å². The lowest BCUT2D eigenvalue weighted by molar-refractivity contribution is 0.172. The number of carbonyl (C=O) groups is 1. The minimum absolute atomic E-state index is 0.133. The topological polar surface area (TPSA) is 47.6 Å². The van der Waals surface area contributed by atoms with Gasteiger partial charge in [0.2, 0.25) is 0 Å². The molecule has 4 heteroatoms. The molecule has 30 heavy (non-hydrogen) atoms. The zero-order chi connectivity index (χ0) is 20.6. The Balaban J connectivity index is 1.26. The summed E-state index contributed by atoms with van der Waals surface area (Å²) in [4.78, 5) is 11.5. The lowest BCUT2D eigenvalue weighted by Crippen LogP contribution is -2.40. The van der Waals surface area contributed by atoms with E-state index in [1.54, 1.807) is 7.11 Å². The number of allylic oxidation sites excluding steroid dienone is 1. The van der Waals surface area contributed by atoms with Crippen molar-refractivity contribution in [2.75, 3.05) is 13.7 Å². The third kappa shape index (κ3) is 3.71. The van der Waals surface area contributed by atoms with Crippen molar-refractivity contribution in [2.45, 2.75) is 50.0 Å². The van der Waals surface area contributed by atoms with Crippen LogP contribution in [0.3, 0.4) is 0 Å². The second-order valence-electron chi connectivity index (χ2n) is 9.05. The molecule has 3 aliphatic rings. The molecule has 1 amide bonds. The van der Waals surface area contributed by atoms with E-state index in [1.807, 2.05) is 12.1 Å². The summed E-state index contributed by atoms with van der Waals surface area (Å²) >= 11 is 0. The SMILES string of the molecule is COc1ccccc1C=CC1CCc2cc([C@H]3CC[C@]4(COC(=O)N4)C3)ccc2C1. The lowest BCUT2D eigenvalue weighted by atomic mass is 9.81. The van der Waals surface area contributed by atoms with Crippen LogP contribution in [0.4, 0.5) is 4.79 Å². The van der Waals surface area contributed by atoms with Gasteiger partial charge in [-0.15, -0.1) is 0 Å². The minimum Gasteiger partial charge on any atom is -0.496 e. The summed E-state index contributed by atoms with van der Waals surface area (Å²) in [6.07, 6.45) is 10.8. The van der Waals surface area contributed by atoms with Gasteiger partial charge in [0.1, 0.15) is 12.4 Å². The Labute approximate surface area is 178 Å². The van der Waals surface area contributed by atoms with E-state index in [0.717, 1.165) is 43.4 Å². The van der Waals surface area contributed by atoms with E-state index >= 15 is 0 Å². The van der Waals surface area contributed by atoms with Gasteiger partial charge in [0, 0.05) is 5.56 Å². The zero-order valence-corrected chi connectivity index (χ0v) is 17.5. The Hall–Kier alpha value is -2.75. The van der Waals surface area contributed by atoms with E-state index in [2.05, 4.69) is 47.8 Å². The number of benzene rings is 2. The third-order valence-corrected chi connectivity index (χ3v) is 7.11. The number of cyclic esters (lactones) is 1. The highest BCUT2D eigenvalue weighted by molar-refractivity contribution is 5.71. The van der Waals surface area contributed by atoms with Crippen LogP contribution in [-0.4, -0.2) is 25.3 Å². The minimum atomic E-state index is -0.256. The Morgan fingerprint density at radius 1 is 1.17 bits per heavy atom. The molecular formula is C26H29NO3. The van der Waals surface area contributed by atoms with Gasteiger partial charge >= 0.3 is 6.09 Å². The number of aryl methyl sites for hydroxylation is 1. The molecule has 0 aromatic heterocycles. The molecule has 1 saturated carbocycles. The van der Waals surface area contributed by atoms with E-state index in [1.165, 1.54) is 23.1 Å². The Morgan fingerprint density at radius 2 is 2.07 bits per heavy atom. The van der Waals surface area contributed by atoms with Crippen LogP contribution in [-0.2, 0) is 17.6 Å². The van der Waals surface area contributed by atoms with Gasteiger partial charge in [0.25, 0.3) is 0 Å². The molecule has 0 radical (unpaired) electrons. The second kappa shape index (κ2) is 7.82. The summed E-state index contributed by atoms with van der Waals surface area (Å²) in [5.41, 5.74) is 5.41. The van der Waals surface area contributed by atoms with Crippen molar-refractivity contribution in [1.82, 2.24) is 5.32 Å². The van der Waals surface area contributed by atoms with Crippen molar-refractivity contribution in [3.63, 3.8) is 0 Å². The highest BCUT2D eigenvalue weighted by Gasteiger charge is 2.46. The van der Waals surface area contributed by atoms with Crippen LogP contribution in [0.2, 0.25) is 0 Å². The molecule has 5 rings (SSSR count). The molecule has 0 bridgehead atoms. The van der Waals surface area contributed by atoms with Crippen molar-refractivity contribution in [3.05, 3.63) is 70.8 Å². The summed E-state index contributed by atoms with van der Waals surface area (Å²) in [6.45, 7) is 0.521. The van der Waals surface area contributed by atoms with Crippen LogP contribution in [0.15, 0.2) is 48.5 Å². The van der Waals surface area contributed by atoms with E-state index in [0.29, 0.717) is 18.4 Å². The number of fused-ring (bicyclic) bond motifs is 1. The number of alkyl carbamates (subject to hydrolysis) is 1. The molecule has 1 unspecified atom stereocenters. The number of methoxy groups -OCH3 is 1. The molecular weight excluding hydrogens is 374 g/mol. The number of nitrogens with one attached hydrogen (secondary N) is 1. The number of para-hydroxylation sites is 1. The Morgan fingerprint density at radius 3 is 2.90 bits per heavy atom. The molecule has 4 nitrogen and oxygen atoms in total. The Kier molecular flexibility index (Phi) is 5.01. The van der Waals surface area contributed by atoms with Crippen LogP contribution in [0.1, 0.15) is 53.9 Å². The number of carbonyl (C=O) groups excluding carboxylic acids is 1. The molecule has 2 aliphatic carbocycles. The summed E-state index contributed by atoms with van der Waals surface area (Å²) in [5.74, 6) is 2.00. The van der Waals surface area contributed by atoms with Crippen LogP contribution >= 0.6 is 0 Å². The van der Waals surface area contributed by atoms with Crippen molar-refractivity contribution in [1.29, 1.82) is 0 Å². The maximum Gasteiger partial charge on any atom is 0.407 e.